The number of aliphatic carboxylic acids is 1. The fraction of sp³-hybridized carbons (Fsp3) is 0.429. The molecule has 1 amide bonds. The molecule has 1 heterocycles. The summed E-state index contributed by atoms with van der Waals surface area (Å²) >= 11 is 1.49. The molecule has 1 N–H and O–H groups in total. The summed E-state index contributed by atoms with van der Waals surface area (Å²) in [6, 6.07) is 5.31. The monoisotopic (exact) mass is 279 g/mol. The van der Waals surface area contributed by atoms with Crippen molar-refractivity contribution in [2.75, 3.05) is 11.6 Å². The number of aryl methyl sites for hydroxylation is 2. The lowest BCUT2D eigenvalue weighted by Crippen LogP contribution is -2.42. The molecular weight excluding hydrogens is 262 g/mol. The summed E-state index contributed by atoms with van der Waals surface area (Å²) < 4.78 is 0. The second-order valence-electron chi connectivity index (χ2n) is 4.82. The summed E-state index contributed by atoms with van der Waals surface area (Å²) in [4.78, 5) is 24.8. The van der Waals surface area contributed by atoms with Crippen molar-refractivity contribution >= 4 is 23.6 Å². The van der Waals surface area contributed by atoms with Gasteiger partial charge in [-0.05, 0) is 25.0 Å². The Morgan fingerprint density at radius 2 is 2.16 bits per heavy atom. The van der Waals surface area contributed by atoms with Crippen LogP contribution in [0, 0.1) is 13.8 Å². The quantitative estimate of drug-likeness (QED) is 0.917. The molecule has 1 aromatic rings. The molecule has 0 bridgehead atoms. The Kier molecular flexibility index (Phi) is 4.14. The molecule has 0 spiro atoms. The number of benzene rings is 1. The van der Waals surface area contributed by atoms with E-state index >= 15 is 0 Å². The van der Waals surface area contributed by atoms with Crippen molar-refractivity contribution < 1.29 is 14.7 Å². The van der Waals surface area contributed by atoms with Crippen LogP contribution < -0.4 is 0 Å². The number of hydrogen-bond acceptors (Lipinski definition) is 3. The maximum atomic E-state index is 12.2. The largest absolute Gasteiger partial charge is 0.480 e. The van der Waals surface area contributed by atoms with Gasteiger partial charge in [0, 0.05) is 5.75 Å². The lowest BCUT2D eigenvalue weighted by molar-refractivity contribution is -0.147. The Bertz CT molecular complexity index is 515. The van der Waals surface area contributed by atoms with Crippen molar-refractivity contribution in [2.45, 2.75) is 26.3 Å². The topological polar surface area (TPSA) is 57.6 Å². The minimum atomic E-state index is -0.917. The number of amides is 1. The van der Waals surface area contributed by atoms with E-state index in [1.54, 1.807) is 0 Å². The molecule has 19 heavy (non-hydrogen) atoms. The molecule has 4 nitrogen and oxygen atoms in total. The van der Waals surface area contributed by atoms with Crippen LogP contribution in [0.5, 0.6) is 0 Å². The molecule has 1 fully saturated rings. The van der Waals surface area contributed by atoms with Crippen LogP contribution in [-0.4, -0.2) is 39.6 Å². The van der Waals surface area contributed by atoms with E-state index < -0.39 is 12.0 Å². The Morgan fingerprint density at radius 1 is 1.42 bits per heavy atom. The van der Waals surface area contributed by atoms with Crippen LogP contribution >= 0.6 is 11.8 Å². The Labute approximate surface area is 116 Å². The van der Waals surface area contributed by atoms with Gasteiger partial charge in [0.1, 0.15) is 6.04 Å². The molecule has 0 aromatic heterocycles. The smallest absolute Gasteiger partial charge is 0.327 e. The second-order valence-corrected chi connectivity index (χ2v) is 5.82. The Hall–Kier alpha value is -1.49. The third kappa shape index (κ3) is 3.10. The summed E-state index contributed by atoms with van der Waals surface area (Å²) in [5.41, 5.74) is 3.16. The van der Waals surface area contributed by atoms with E-state index in [1.165, 1.54) is 16.7 Å². The third-order valence-electron chi connectivity index (χ3n) is 3.33. The van der Waals surface area contributed by atoms with E-state index in [2.05, 4.69) is 0 Å². The van der Waals surface area contributed by atoms with Crippen LogP contribution in [0.4, 0.5) is 0 Å². The highest BCUT2D eigenvalue weighted by atomic mass is 32.2. The standard InChI is InChI=1S/C14H17NO3S/c1-9-3-4-10(2)11(5-9)6-13(16)15-8-19-7-12(15)14(17)18/h3-5,12H,6-8H2,1-2H3,(H,17,18). The van der Waals surface area contributed by atoms with Crippen LogP contribution in [0.1, 0.15) is 16.7 Å². The normalized spacial score (nSPS) is 18.6. The van der Waals surface area contributed by atoms with Crippen molar-refractivity contribution in [2.24, 2.45) is 0 Å². The molecule has 1 atom stereocenters. The summed E-state index contributed by atoms with van der Waals surface area (Å²) in [6.07, 6.45) is 0.276. The molecule has 1 saturated heterocycles. The van der Waals surface area contributed by atoms with Gasteiger partial charge in [0.15, 0.2) is 0 Å². The second kappa shape index (κ2) is 5.65. The minimum Gasteiger partial charge on any atom is -0.480 e. The predicted octanol–water partition coefficient (Wildman–Crippen LogP) is 1.83. The van der Waals surface area contributed by atoms with Gasteiger partial charge in [0.25, 0.3) is 0 Å². The van der Waals surface area contributed by atoms with Crippen LogP contribution in [0.25, 0.3) is 0 Å². The molecule has 102 valence electrons. The van der Waals surface area contributed by atoms with Crippen molar-refractivity contribution in [3.05, 3.63) is 34.9 Å². The first-order valence-electron chi connectivity index (χ1n) is 6.15. The maximum absolute atomic E-state index is 12.2. The number of hydrogen-bond donors (Lipinski definition) is 1. The third-order valence-corrected chi connectivity index (χ3v) is 4.35. The van der Waals surface area contributed by atoms with Gasteiger partial charge in [-0.3, -0.25) is 4.79 Å². The number of carboxylic acid groups (broad SMARTS) is 1. The minimum absolute atomic E-state index is 0.105. The first-order chi connectivity index (χ1) is 8.99. The zero-order chi connectivity index (χ0) is 14.0. The maximum Gasteiger partial charge on any atom is 0.327 e. The number of carbonyl (C=O) groups excluding carboxylic acids is 1. The van der Waals surface area contributed by atoms with Crippen LogP contribution in [0.2, 0.25) is 0 Å². The van der Waals surface area contributed by atoms with Crippen LogP contribution in [-0.2, 0) is 16.0 Å². The average Bonchev–Trinajstić information content (AvgIpc) is 2.83. The highest BCUT2D eigenvalue weighted by Gasteiger charge is 2.34. The van der Waals surface area contributed by atoms with Crippen molar-refractivity contribution in [1.29, 1.82) is 0 Å². The average molecular weight is 279 g/mol. The van der Waals surface area contributed by atoms with E-state index in [9.17, 15) is 9.59 Å². The van der Waals surface area contributed by atoms with Gasteiger partial charge in [-0.15, -0.1) is 11.8 Å². The van der Waals surface area contributed by atoms with Gasteiger partial charge in [-0.2, -0.15) is 0 Å². The zero-order valence-corrected chi connectivity index (χ0v) is 11.9. The SMILES string of the molecule is Cc1ccc(C)c(CC(=O)N2CSCC2C(=O)O)c1. The number of carbonyl (C=O) groups is 2. The number of rotatable bonds is 3. The number of carboxylic acids is 1. The van der Waals surface area contributed by atoms with Crippen molar-refractivity contribution in [1.82, 2.24) is 4.90 Å². The molecule has 0 radical (unpaired) electrons. The van der Waals surface area contributed by atoms with Crippen LogP contribution in [0.3, 0.4) is 0 Å². The molecule has 5 heteroatoms. The highest BCUT2D eigenvalue weighted by molar-refractivity contribution is 7.99. The molecule has 1 unspecified atom stereocenters. The molecule has 1 aliphatic rings. The fourth-order valence-corrected chi connectivity index (χ4v) is 3.32. The van der Waals surface area contributed by atoms with Gasteiger partial charge in [0.2, 0.25) is 5.91 Å². The van der Waals surface area contributed by atoms with Gasteiger partial charge < -0.3 is 10.0 Å². The van der Waals surface area contributed by atoms with Gasteiger partial charge in [0.05, 0.1) is 12.3 Å². The number of thioether (sulfide) groups is 1. The highest BCUT2D eigenvalue weighted by Crippen LogP contribution is 2.22. The van der Waals surface area contributed by atoms with E-state index in [-0.39, 0.29) is 12.3 Å². The van der Waals surface area contributed by atoms with Crippen LogP contribution in [0.15, 0.2) is 18.2 Å². The summed E-state index contributed by atoms with van der Waals surface area (Å²) in [5, 5.41) is 9.09. The fourth-order valence-electron chi connectivity index (χ4n) is 2.15. The summed E-state index contributed by atoms with van der Waals surface area (Å²) in [5.74, 6) is -0.0699. The summed E-state index contributed by atoms with van der Waals surface area (Å²) in [7, 11) is 0. The number of nitrogens with zero attached hydrogens (tertiary/aromatic N) is 1. The summed E-state index contributed by atoms with van der Waals surface area (Å²) in [6.45, 7) is 3.95. The first-order valence-corrected chi connectivity index (χ1v) is 7.30. The van der Waals surface area contributed by atoms with Gasteiger partial charge in [-0.25, -0.2) is 4.79 Å². The van der Waals surface area contributed by atoms with Crippen molar-refractivity contribution in [3.63, 3.8) is 0 Å². The molecular formula is C14H17NO3S. The molecule has 1 aromatic carbocycles. The van der Waals surface area contributed by atoms with Gasteiger partial charge in [-0.1, -0.05) is 23.8 Å². The predicted molar refractivity (Wildman–Crippen MR) is 75.2 cm³/mol. The van der Waals surface area contributed by atoms with Gasteiger partial charge >= 0.3 is 5.97 Å². The van der Waals surface area contributed by atoms with E-state index in [0.29, 0.717) is 11.6 Å². The lowest BCUT2D eigenvalue weighted by Gasteiger charge is -2.21. The molecule has 0 aliphatic carbocycles. The van der Waals surface area contributed by atoms with E-state index in [0.717, 1.165) is 16.7 Å². The zero-order valence-electron chi connectivity index (χ0n) is 11.0. The molecule has 2 rings (SSSR count). The lowest BCUT2D eigenvalue weighted by atomic mass is 10.0. The molecule has 0 saturated carbocycles. The Balaban J connectivity index is 2.12. The van der Waals surface area contributed by atoms with E-state index in [4.69, 9.17) is 5.11 Å². The molecule has 1 aliphatic heterocycles. The first kappa shape index (κ1) is 13.9. The van der Waals surface area contributed by atoms with Crippen molar-refractivity contribution in [3.8, 4) is 0 Å². The van der Waals surface area contributed by atoms with E-state index in [1.807, 2.05) is 32.0 Å². The Morgan fingerprint density at radius 3 is 2.84 bits per heavy atom.